The van der Waals surface area contributed by atoms with Crippen molar-refractivity contribution in [1.82, 2.24) is 0 Å². The van der Waals surface area contributed by atoms with Crippen molar-refractivity contribution in [3.8, 4) is 0 Å². The Hall–Kier alpha value is -1.02. The van der Waals surface area contributed by atoms with Crippen LogP contribution in [0.5, 0.6) is 0 Å². The van der Waals surface area contributed by atoms with E-state index in [1.165, 1.54) is 16.8 Å². The summed E-state index contributed by atoms with van der Waals surface area (Å²) >= 11 is 0. The molecule has 1 aromatic rings. The Labute approximate surface area is 92.6 Å². The normalized spacial score (nSPS) is 12.5. The molecule has 1 aromatic carbocycles. The molecule has 0 saturated heterocycles. The zero-order valence-electron chi connectivity index (χ0n) is 10.1. The molecule has 0 aromatic heterocycles. The fourth-order valence-electron chi connectivity index (χ4n) is 1.66. The van der Waals surface area contributed by atoms with Crippen LogP contribution in [0.25, 0.3) is 0 Å². The van der Waals surface area contributed by atoms with Gasteiger partial charge in [-0.25, -0.2) is 0 Å². The summed E-state index contributed by atoms with van der Waals surface area (Å²) in [5.41, 5.74) is 3.81. The van der Waals surface area contributed by atoms with Gasteiger partial charge in [-0.2, -0.15) is 0 Å². The van der Waals surface area contributed by atoms with Crippen LogP contribution in [-0.4, -0.2) is 19.8 Å². The van der Waals surface area contributed by atoms with Crippen molar-refractivity contribution in [2.45, 2.75) is 33.2 Å². The number of methoxy groups -OCH3 is 1. The van der Waals surface area contributed by atoms with Gasteiger partial charge in [0.15, 0.2) is 0 Å². The molecular formula is C13H21NO. The average Bonchev–Trinajstić information content (AvgIpc) is 2.21. The standard InChI is InChI=1S/C13H21NO/c1-5-12(9-15-4)14-13-7-6-10(2)8-11(13)3/h6-8,12,14H,5,9H2,1-4H3. The van der Waals surface area contributed by atoms with Crippen molar-refractivity contribution in [2.75, 3.05) is 19.0 Å². The Balaban J connectivity index is 2.70. The smallest absolute Gasteiger partial charge is 0.0663 e. The van der Waals surface area contributed by atoms with Gasteiger partial charge in [-0.3, -0.25) is 0 Å². The second kappa shape index (κ2) is 5.76. The van der Waals surface area contributed by atoms with E-state index in [0.29, 0.717) is 6.04 Å². The molecule has 0 aliphatic heterocycles. The van der Waals surface area contributed by atoms with Gasteiger partial charge in [-0.1, -0.05) is 24.6 Å². The number of aryl methyl sites for hydroxylation is 2. The van der Waals surface area contributed by atoms with Crippen LogP contribution in [0.3, 0.4) is 0 Å². The summed E-state index contributed by atoms with van der Waals surface area (Å²) in [6, 6.07) is 6.87. The van der Waals surface area contributed by atoms with Crippen molar-refractivity contribution in [3.05, 3.63) is 29.3 Å². The summed E-state index contributed by atoms with van der Waals surface area (Å²) in [5.74, 6) is 0. The van der Waals surface area contributed by atoms with E-state index >= 15 is 0 Å². The molecule has 0 amide bonds. The van der Waals surface area contributed by atoms with Crippen LogP contribution in [0.1, 0.15) is 24.5 Å². The molecule has 1 rings (SSSR count). The number of hydrogen-bond acceptors (Lipinski definition) is 2. The van der Waals surface area contributed by atoms with Gasteiger partial charge in [0.1, 0.15) is 0 Å². The maximum absolute atomic E-state index is 5.17. The Bertz CT molecular complexity index is 309. The highest BCUT2D eigenvalue weighted by Crippen LogP contribution is 2.17. The van der Waals surface area contributed by atoms with Crippen molar-refractivity contribution in [1.29, 1.82) is 0 Å². The molecule has 1 unspecified atom stereocenters. The Kier molecular flexibility index (Phi) is 4.63. The Morgan fingerprint density at radius 2 is 2.07 bits per heavy atom. The first-order valence-electron chi connectivity index (χ1n) is 5.50. The first kappa shape index (κ1) is 12.1. The summed E-state index contributed by atoms with van der Waals surface area (Å²) in [5, 5.41) is 3.50. The third-order valence-corrected chi connectivity index (χ3v) is 2.60. The molecule has 84 valence electrons. The van der Waals surface area contributed by atoms with E-state index in [1.54, 1.807) is 7.11 Å². The highest BCUT2D eigenvalue weighted by Gasteiger charge is 2.06. The largest absolute Gasteiger partial charge is 0.383 e. The molecule has 15 heavy (non-hydrogen) atoms. The number of anilines is 1. The predicted octanol–water partition coefficient (Wildman–Crippen LogP) is 3.14. The predicted molar refractivity (Wildman–Crippen MR) is 65.5 cm³/mol. The molecule has 0 heterocycles. The lowest BCUT2D eigenvalue weighted by Gasteiger charge is -2.19. The minimum absolute atomic E-state index is 0.399. The molecule has 0 bridgehead atoms. The number of rotatable bonds is 5. The molecule has 0 fully saturated rings. The third-order valence-electron chi connectivity index (χ3n) is 2.60. The molecule has 2 heteroatoms. The first-order chi connectivity index (χ1) is 7.17. The fourth-order valence-corrected chi connectivity index (χ4v) is 1.66. The van der Waals surface area contributed by atoms with Crippen molar-refractivity contribution in [2.24, 2.45) is 0 Å². The first-order valence-corrected chi connectivity index (χ1v) is 5.50. The van der Waals surface area contributed by atoms with Gasteiger partial charge < -0.3 is 10.1 Å². The van der Waals surface area contributed by atoms with E-state index in [1.807, 2.05) is 0 Å². The summed E-state index contributed by atoms with van der Waals surface area (Å²) in [4.78, 5) is 0. The van der Waals surface area contributed by atoms with Gasteiger partial charge in [-0.05, 0) is 31.9 Å². The SMILES string of the molecule is CCC(COC)Nc1ccc(C)cc1C. The van der Waals surface area contributed by atoms with Crippen LogP contribution in [0.4, 0.5) is 5.69 Å². The molecule has 0 radical (unpaired) electrons. The average molecular weight is 207 g/mol. The lowest BCUT2D eigenvalue weighted by Crippen LogP contribution is -2.24. The van der Waals surface area contributed by atoms with E-state index < -0.39 is 0 Å². The molecule has 0 aliphatic carbocycles. The van der Waals surface area contributed by atoms with Gasteiger partial charge >= 0.3 is 0 Å². The minimum atomic E-state index is 0.399. The van der Waals surface area contributed by atoms with E-state index in [2.05, 4.69) is 44.3 Å². The van der Waals surface area contributed by atoms with Gasteiger partial charge in [-0.15, -0.1) is 0 Å². The molecular weight excluding hydrogens is 186 g/mol. The maximum Gasteiger partial charge on any atom is 0.0663 e. The molecule has 0 spiro atoms. The summed E-state index contributed by atoms with van der Waals surface area (Å²) in [6.45, 7) is 7.17. The summed E-state index contributed by atoms with van der Waals surface area (Å²) in [6.07, 6.45) is 1.07. The molecule has 1 atom stereocenters. The Morgan fingerprint density at radius 1 is 1.33 bits per heavy atom. The van der Waals surface area contributed by atoms with E-state index in [9.17, 15) is 0 Å². The Morgan fingerprint density at radius 3 is 2.60 bits per heavy atom. The second-order valence-electron chi connectivity index (χ2n) is 4.02. The van der Waals surface area contributed by atoms with Crippen LogP contribution >= 0.6 is 0 Å². The molecule has 0 saturated carbocycles. The molecule has 1 N–H and O–H groups in total. The fraction of sp³-hybridized carbons (Fsp3) is 0.538. The number of benzene rings is 1. The zero-order chi connectivity index (χ0) is 11.3. The van der Waals surface area contributed by atoms with Crippen LogP contribution in [0, 0.1) is 13.8 Å². The van der Waals surface area contributed by atoms with Gasteiger partial charge in [0.25, 0.3) is 0 Å². The van der Waals surface area contributed by atoms with E-state index in [4.69, 9.17) is 4.74 Å². The highest BCUT2D eigenvalue weighted by atomic mass is 16.5. The van der Waals surface area contributed by atoms with Crippen molar-refractivity contribution < 1.29 is 4.74 Å². The lowest BCUT2D eigenvalue weighted by atomic mass is 10.1. The number of ether oxygens (including phenoxy) is 1. The quantitative estimate of drug-likeness (QED) is 0.801. The van der Waals surface area contributed by atoms with Gasteiger partial charge in [0.2, 0.25) is 0 Å². The maximum atomic E-state index is 5.17. The third kappa shape index (κ3) is 3.56. The summed E-state index contributed by atoms with van der Waals surface area (Å²) < 4.78 is 5.17. The summed E-state index contributed by atoms with van der Waals surface area (Å²) in [7, 11) is 1.74. The van der Waals surface area contributed by atoms with Crippen LogP contribution in [-0.2, 0) is 4.74 Å². The van der Waals surface area contributed by atoms with E-state index in [0.717, 1.165) is 13.0 Å². The van der Waals surface area contributed by atoms with Crippen molar-refractivity contribution >= 4 is 5.69 Å². The topological polar surface area (TPSA) is 21.3 Å². The number of nitrogens with one attached hydrogen (secondary N) is 1. The minimum Gasteiger partial charge on any atom is -0.383 e. The molecule has 2 nitrogen and oxygen atoms in total. The number of hydrogen-bond donors (Lipinski definition) is 1. The van der Waals surface area contributed by atoms with E-state index in [-0.39, 0.29) is 0 Å². The van der Waals surface area contributed by atoms with Gasteiger partial charge in [0.05, 0.1) is 6.61 Å². The zero-order valence-corrected chi connectivity index (χ0v) is 10.1. The van der Waals surface area contributed by atoms with Crippen molar-refractivity contribution in [3.63, 3.8) is 0 Å². The van der Waals surface area contributed by atoms with Crippen LogP contribution in [0.2, 0.25) is 0 Å². The van der Waals surface area contributed by atoms with Gasteiger partial charge in [0, 0.05) is 18.8 Å². The lowest BCUT2D eigenvalue weighted by molar-refractivity contribution is 0.184. The van der Waals surface area contributed by atoms with Crippen LogP contribution in [0.15, 0.2) is 18.2 Å². The van der Waals surface area contributed by atoms with Crippen LogP contribution < -0.4 is 5.32 Å². The second-order valence-corrected chi connectivity index (χ2v) is 4.02. The highest BCUT2D eigenvalue weighted by molar-refractivity contribution is 5.52. The monoisotopic (exact) mass is 207 g/mol. The molecule has 0 aliphatic rings.